The minimum absolute atomic E-state index is 0.112. The van der Waals surface area contributed by atoms with Gasteiger partial charge in [-0.15, -0.1) is 0 Å². The van der Waals surface area contributed by atoms with Crippen molar-refractivity contribution in [3.05, 3.63) is 77.5 Å². The lowest BCUT2D eigenvalue weighted by atomic mass is 9.96. The summed E-state index contributed by atoms with van der Waals surface area (Å²) in [7, 11) is 1.53. The van der Waals surface area contributed by atoms with Gasteiger partial charge in [0.15, 0.2) is 6.04 Å². The molecule has 2 atom stereocenters. The van der Waals surface area contributed by atoms with Crippen molar-refractivity contribution in [2.75, 3.05) is 38.6 Å². The number of piperazine rings is 1. The van der Waals surface area contributed by atoms with E-state index in [2.05, 4.69) is 27.4 Å². The van der Waals surface area contributed by atoms with Gasteiger partial charge in [0.2, 0.25) is 0 Å². The number of aromatic nitrogens is 2. The van der Waals surface area contributed by atoms with Gasteiger partial charge < -0.3 is 15.0 Å². The average Bonchev–Trinajstić information content (AvgIpc) is 3.32. The zero-order chi connectivity index (χ0) is 25.3. The molecule has 1 saturated heterocycles. The first-order chi connectivity index (χ1) is 17.3. The Morgan fingerprint density at radius 3 is 2.39 bits per heavy atom. The quantitative estimate of drug-likeness (QED) is 0.560. The van der Waals surface area contributed by atoms with Crippen molar-refractivity contribution in [3.8, 4) is 5.75 Å². The molecule has 10 heteroatoms. The molecule has 3 heterocycles. The molecule has 0 bridgehead atoms. The zero-order valence-corrected chi connectivity index (χ0v) is 19.9. The number of hydrogen-bond donors (Lipinski definition) is 1. The van der Waals surface area contributed by atoms with Crippen LogP contribution in [0.3, 0.4) is 0 Å². The summed E-state index contributed by atoms with van der Waals surface area (Å²) >= 11 is 0. The fourth-order valence-electron chi connectivity index (χ4n) is 4.89. The van der Waals surface area contributed by atoms with Crippen LogP contribution in [0.5, 0.6) is 5.75 Å². The van der Waals surface area contributed by atoms with E-state index in [0.717, 1.165) is 11.2 Å². The number of rotatable bonds is 5. The van der Waals surface area contributed by atoms with Crippen LogP contribution in [0.4, 0.5) is 19.0 Å². The number of benzene rings is 2. The molecule has 2 aliphatic rings. The molecule has 0 saturated carbocycles. The third-order valence-corrected chi connectivity index (χ3v) is 6.90. The van der Waals surface area contributed by atoms with Gasteiger partial charge in [-0.1, -0.05) is 42.5 Å². The van der Waals surface area contributed by atoms with Gasteiger partial charge in [0.25, 0.3) is 5.91 Å². The van der Waals surface area contributed by atoms with Crippen LogP contribution in [0.2, 0.25) is 0 Å². The van der Waals surface area contributed by atoms with Crippen LogP contribution < -0.4 is 10.1 Å². The molecule has 5 rings (SSSR count). The van der Waals surface area contributed by atoms with E-state index in [1.165, 1.54) is 18.9 Å². The molecule has 1 amide bonds. The molecular weight excluding hydrogens is 471 g/mol. The number of amides is 1. The molecule has 0 aliphatic carbocycles. The van der Waals surface area contributed by atoms with E-state index in [9.17, 15) is 18.0 Å². The summed E-state index contributed by atoms with van der Waals surface area (Å²) in [6.45, 7) is 3.18. The Labute approximate surface area is 207 Å². The predicted octanol–water partition coefficient (Wildman–Crippen LogP) is 4.51. The third-order valence-electron chi connectivity index (χ3n) is 6.90. The van der Waals surface area contributed by atoms with Crippen molar-refractivity contribution in [3.63, 3.8) is 0 Å². The number of carbonyl (C=O) groups excluding carboxylic acids is 1. The molecule has 1 aromatic heterocycles. The fraction of sp³-hybridized carbons (Fsp3) is 0.385. The molecule has 7 nitrogen and oxygen atoms in total. The second-order valence-corrected chi connectivity index (χ2v) is 9.17. The number of methoxy groups -OCH3 is 1. The normalized spacial score (nSPS) is 20.5. The second kappa shape index (κ2) is 9.85. The van der Waals surface area contributed by atoms with E-state index in [4.69, 9.17) is 4.74 Å². The minimum atomic E-state index is -4.50. The molecule has 36 heavy (non-hydrogen) atoms. The lowest BCUT2D eigenvalue weighted by molar-refractivity contribution is -0.173. The predicted molar refractivity (Wildman–Crippen MR) is 129 cm³/mol. The Balaban J connectivity index is 1.34. The first-order valence-electron chi connectivity index (χ1n) is 11.9. The van der Waals surface area contributed by atoms with Crippen LogP contribution >= 0.6 is 0 Å². The summed E-state index contributed by atoms with van der Waals surface area (Å²) in [5.41, 5.74) is 2.05. The van der Waals surface area contributed by atoms with E-state index < -0.39 is 18.3 Å². The van der Waals surface area contributed by atoms with E-state index >= 15 is 0 Å². The number of nitrogens with zero attached hydrogens (tertiary/aromatic N) is 4. The average molecular weight is 500 g/mol. The Morgan fingerprint density at radius 1 is 1.06 bits per heavy atom. The molecule has 2 aliphatic heterocycles. The Morgan fingerprint density at radius 2 is 1.75 bits per heavy atom. The number of hydrogen-bond acceptors (Lipinski definition) is 5. The molecule has 3 aromatic rings. The summed E-state index contributed by atoms with van der Waals surface area (Å²) in [5, 5.41) is 7.17. The summed E-state index contributed by atoms with van der Waals surface area (Å²) in [5.74, 6) is 0.426. The highest BCUT2D eigenvalue weighted by Crippen LogP contribution is 2.44. The number of anilines is 1. The maximum Gasteiger partial charge on any atom is 0.410 e. The molecule has 1 N–H and O–H groups in total. The number of fused-ring (bicyclic) bond motifs is 1. The van der Waals surface area contributed by atoms with Crippen LogP contribution in [-0.2, 0) is 6.54 Å². The lowest BCUT2D eigenvalue weighted by Gasteiger charge is -2.36. The Hall–Kier alpha value is -3.53. The summed E-state index contributed by atoms with van der Waals surface area (Å²) in [6, 6.07) is 14.6. The van der Waals surface area contributed by atoms with Gasteiger partial charge in [-0.25, -0.2) is 4.68 Å². The topological polar surface area (TPSA) is 62.6 Å². The van der Waals surface area contributed by atoms with E-state index in [1.807, 2.05) is 18.2 Å². The van der Waals surface area contributed by atoms with Gasteiger partial charge in [0.05, 0.1) is 19.3 Å². The highest BCUT2D eigenvalue weighted by Gasteiger charge is 2.47. The molecule has 0 radical (unpaired) electrons. The first kappa shape index (κ1) is 24.2. The largest absolute Gasteiger partial charge is 0.497 e. The SMILES string of the molecule is COc1ccc(C2CC(C(F)(F)F)n3ncc(C(=O)N4CCN(Cc5ccccc5)CC4)c3N2)cc1. The fourth-order valence-corrected chi connectivity index (χ4v) is 4.89. The Bertz CT molecular complexity index is 1190. The van der Waals surface area contributed by atoms with Crippen molar-refractivity contribution in [1.82, 2.24) is 19.6 Å². The van der Waals surface area contributed by atoms with Gasteiger partial charge in [-0.3, -0.25) is 9.69 Å². The van der Waals surface area contributed by atoms with Crippen LogP contribution in [0.25, 0.3) is 0 Å². The van der Waals surface area contributed by atoms with Gasteiger partial charge in [0, 0.05) is 39.1 Å². The molecule has 190 valence electrons. The van der Waals surface area contributed by atoms with Gasteiger partial charge in [0.1, 0.15) is 17.1 Å². The summed E-state index contributed by atoms with van der Waals surface area (Å²) < 4.78 is 48.1. The van der Waals surface area contributed by atoms with Gasteiger partial charge in [-0.2, -0.15) is 18.3 Å². The van der Waals surface area contributed by atoms with Crippen LogP contribution in [0.15, 0.2) is 60.8 Å². The van der Waals surface area contributed by atoms with E-state index in [0.29, 0.717) is 37.5 Å². The Kier molecular flexibility index (Phi) is 6.61. The smallest absolute Gasteiger partial charge is 0.410 e. The zero-order valence-electron chi connectivity index (χ0n) is 19.9. The number of nitrogens with one attached hydrogen (secondary N) is 1. The van der Waals surface area contributed by atoms with E-state index in [1.54, 1.807) is 29.2 Å². The number of ether oxygens (including phenoxy) is 1. The summed E-state index contributed by atoms with van der Waals surface area (Å²) in [6.07, 6.45) is -3.47. The van der Waals surface area contributed by atoms with Gasteiger partial charge in [-0.05, 0) is 23.3 Å². The maximum atomic E-state index is 14.0. The molecule has 2 unspecified atom stereocenters. The number of carbonyl (C=O) groups is 1. The van der Waals surface area contributed by atoms with Crippen molar-refractivity contribution >= 4 is 11.7 Å². The van der Waals surface area contributed by atoms with Gasteiger partial charge >= 0.3 is 6.18 Å². The maximum absolute atomic E-state index is 14.0. The molecule has 0 spiro atoms. The highest BCUT2D eigenvalue weighted by atomic mass is 19.4. The van der Waals surface area contributed by atoms with Crippen molar-refractivity contribution in [2.45, 2.75) is 31.2 Å². The highest BCUT2D eigenvalue weighted by molar-refractivity contribution is 5.99. The van der Waals surface area contributed by atoms with Crippen molar-refractivity contribution in [2.24, 2.45) is 0 Å². The summed E-state index contributed by atoms with van der Waals surface area (Å²) in [4.78, 5) is 17.4. The van der Waals surface area contributed by atoms with Crippen LogP contribution in [0.1, 0.15) is 40.0 Å². The third kappa shape index (κ3) is 4.90. The molecular formula is C26H28F3N5O2. The van der Waals surface area contributed by atoms with Crippen LogP contribution in [0, 0.1) is 0 Å². The van der Waals surface area contributed by atoms with Crippen LogP contribution in [-0.4, -0.2) is 65.0 Å². The standard InChI is InChI=1S/C26H28F3N5O2/c1-36-20-9-7-19(8-10-20)22-15-23(26(27,28)29)34-24(31-22)21(16-30-34)25(35)33-13-11-32(12-14-33)17-18-5-3-2-4-6-18/h2-10,16,22-23,31H,11-15,17H2,1H3. The van der Waals surface area contributed by atoms with Crippen molar-refractivity contribution in [1.29, 1.82) is 0 Å². The number of alkyl halides is 3. The number of halogens is 3. The lowest BCUT2D eigenvalue weighted by Crippen LogP contribution is -2.48. The first-order valence-corrected chi connectivity index (χ1v) is 11.9. The molecule has 1 fully saturated rings. The van der Waals surface area contributed by atoms with Crippen molar-refractivity contribution < 1.29 is 22.7 Å². The second-order valence-electron chi connectivity index (χ2n) is 9.17. The molecule has 2 aromatic carbocycles. The van der Waals surface area contributed by atoms with E-state index in [-0.39, 0.29) is 23.7 Å². The monoisotopic (exact) mass is 499 g/mol. The minimum Gasteiger partial charge on any atom is -0.497 e.